The van der Waals surface area contributed by atoms with Crippen LogP contribution in [0, 0.1) is 5.82 Å². The van der Waals surface area contributed by atoms with Gasteiger partial charge in [-0.15, -0.1) is 0 Å². The number of rotatable bonds is 3. The Kier molecular flexibility index (Phi) is 4.73. The normalized spacial score (nSPS) is 12.2. The molecule has 0 aliphatic carbocycles. The highest BCUT2D eigenvalue weighted by Crippen LogP contribution is 2.38. The van der Waals surface area contributed by atoms with Gasteiger partial charge in [0.15, 0.2) is 0 Å². The molecule has 31 heavy (non-hydrogen) atoms. The number of nitrogens with two attached hydrogens (primary N) is 1. The summed E-state index contributed by atoms with van der Waals surface area (Å²) in [6, 6.07) is 11.4. The highest BCUT2D eigenvalue weighted by atomic mass is 19.1. The maximum atomic E-state index is 13.6. The van der Waals surface area contributed by atoms with Crippen LogP contribution in [0.4, 0.5) is 10.2 Å². The molecule has 2 aromatic carbocycles. The van der Waals surface area contributed by atoms with E-state index in [-0.39, 0.29) is 27.9 Å². The van der Waals surface area contributed by atoms with Gasteiger partial charge in [0.1, 0.15) is 23.0 Å². The summed E-state index contributed by atoms with van der Waals surface area (Å²) in [5, 5.41) is 11.3. The van der Waals surface area contributed by atoms with E-state index in [1.54, 1.807) is 18.2 Å². The van der Waals surface area contributed by atoms with Crippen molar-refractivity contribution < 1.29 is 13.9 Å². The van der Waals surface area contributed by atoms with Gasteiger partial charge in [-0.25, -0.2) is 14.0 Å². The number of hydrogen-bond donors (Lipinski definition) is 2. The van der Waals surface area contributed by atoms with Crippen molar-refractivity contribution in [3.63, 3.8) is 0 Å². The van der Waals surface area contributed by atoms with Crippen molar-refractivity contribution in [1.82, 2.24) is 9.13 Å². The second-order valence-corrected chi connectivity index (χ2v) is 7.14. The molecule has 0 radical (unpaired) electrons. The average molecular weight is 423 g/mol. The van der Waals surface area contributed by atoms with Crippen LogP contribution in [0.5, 0.6) is 5.75 Å². The molecule has 0 fully saturated rings. The molecule has 158 valence electrons. The molecule has 4 aromatic rings. The van der Waals surface area contributed by atoms with Crippen molar-refractivity contribution in [2.45, 2.75) is 5.92 Å². The third-order valence-electron chi connectivity index (χ3n) is 5.35. The Morgan fingerprint density at radius 2 is 1.61 bits per heavy atom. The molecule has 2 aromatic heterocycles. The van der Waals surface area contributed by atoms with Gasteiger partial charge in [0, 0.05) is 14.1 Å². The summed E-state index contributed by atoms with van der Waals surface area (Å²) in [5.41, 5.74) is 3.95. The number of fused-ring (bicyclic) bond motifs is 1. The van der Waals surface area contributed by atoms with Crippen molar-refractivity contribution in [1.29, 1.82) is 0 Å². The zero-order valence-electron chi connectivity index (χ0n) is 16.6. The van der Waals surface area contributed by atoms with Crippen LogP contribution in [0.15, 0.2) is 67.3 Å². The average Bonchev–Trinajstić information content (AvgIpc) is 2.76. The Balaban J connectivity index is 2.17. The number of nitrogen functional groups attached to an aromatic ring is 1. The lowest BCUT2D eigenvalue weighted by Crippen LogP contribution is -2.41. The fourth-order valence-corrected chi connectivity index (χ4v) is 3.69. The summed E-state index contributed by atoms with van der Waals surface area (Å²) in [5.74, 6) is -2.32. The minimum atomic E-state index is -1.22. The Labute approximate surface area is 174 Å². The van der Waals surface area contributed by atoms with Crippen LogP contribution in [0.1, 0.15) is 22.6 Å². The molecular weight excluding hydrogens is 405 g/mol. The Bertz CT molecular complexity index is 1500. The minimum Gasteiger partial charge on any atom is -0.507 e. The number of anilines is 1. The van der Waals surface area contributed by atoms with Gasteiger partial charge < -0.3 is 15.3 Å². The maximum absolute atomic E-state index is 13.6. The van der Waals surface area contributed by atoms with Crippen molar-refractivity contribution in [2.75, 3.05) is 5.73 Å². The van der Waals surface area contributed by atoms with E-state index in [0.29, 0.717) is 5.56 Å². The van der Waals surface area contributed by atoms with Gasteiger partial charge in [-0.1, -0.05) is 24.3 Å². The summed E-state index contributed by atoms with van der Waals surface area (Å²) in [6.07, 6.45) is 0. The van der Waals surface area contributed by atoms with Crippen LogP contribution < -0.4 is 22.6 Å². The molecule has 0 bridgehead atoms. The van der Waals surface area contributed by atoms with Crippen molar-refractivity contribution in [3.05, 3.63) is 102 Å². The largest absolute Gasteiger partial charge is 0.507 e. The first-order chi connectivity index (χ1) is 14.7. The van der Waals surface area contributed by atoms with E-state index in [1.165, 1.54) is 32.3 Å². The van der Waals surface area contributed by atoms with Crippen LogP contribution in [-0.2, 0) is 14.1 Å². The predicted molar refractivity (Wildman–Crippen MR) is 113 cm³/mol. The number of para-hydroxylation sites is 1. The Morgan fingerprint density at radius 3 is 2.29 bits per heavy atom. The molecule has 0 spiro atoms. The summed E-state index contributed by atoms with van der Waals surface area (Å²) in [4.78, 5) is 38.3. The first kappa shape index (κ1) is 20.1. The molecule has 9 heteroatoms. The van der Waals surface area contributed by atoms with E-state index < -0.39 is 34.4 Å². The fraction of sp³-hybridized carbons (Fsp3) is 0.136. The molecule has 0 aliphatic heterocycles. The molecule has 0 aliphatic rings. The van der Waals surface area contributed by atoms with Crippen LogP contribution in [0.3, 0.4) is 0 Å². The number of aromatic hydroxyl groups is 1. The number of halogens is 1. The molecule has 0 saturated carbocycles. The Hall–Kier alpha value is -4.14. The van der Waals surface area contributed by atoms with E-state index in [4.69, 9.17) is 10.2 Å². The van der Waals surface area contributed by atoms with Crippen LogP contribution in [0.25, 0.3) is 11.0 Å². The number of benzene rings is 2. The summed E-state index contributed by atoms with van der Waals surface area (Å²) < 4.78 is 20.9. The lowest BCUT2D eigenvalue weighted by molar-refractivity contribution is 0.454. The van der Waals surface area contributed by atoms with Crippen molar-refractivity contribution in [3.8, 4) is 5.75 Å². The molecule has 3 N–H and O–H groups in total. The lowest BCUT2D eigenvalue weighted by atomic mass is 9.85. The maximum Gasteiger partial charge on any atom is 0.344 e. The van der Waals surface area contributed by atoms with Gasteiger partial charge in [0.2, 0.25) is 0 Å². The number of aromatic nitrogens is 2. The molecular formula is C22H18FN3O5. The molecule has 0 amide bonds. The monoisotopic (exact) mass is 423 g/mol. The van der Waals surface area contributed by atoms with E-state index in [0.717, 1.165) is 21.3 Å². The molecule has 8 nitrogen and oxygen atoms in total. The van der Waals surface area contributed by atoms with E-state index >= 15 is 0 Å². The molecule has 2 heterocycles. The van der Waals surface area contributed by atoms with Gasteiger partial charge in [-0.05, 0) is 29.8 Å². The number of nitrogens with zero attached hydrogens (tertiary/aromatic N) is 2. The van der Waals surface area contributed by atoms with Gasteiger partial charge in [0.05, 0.1) is 22.4 Å². The Morgan fingerprint density at radius 1 is 0.968 bits per heavy atom. The fourth-order valence-electron chi connectivity index (χ4n) is 3.69. The van der Waals surface area contributed by atoms with E-state index in [2.05, 4.69) is 0 Å². The molecule has 1 unspecified atom stereocenters. The van der Waals surface area contributed by atoms with Crippen LogP contribution >= 0.6 is 0 Å². The van der Waals surface area contributed by atoms with Crippen molar-refractivity contribution >= 4 is 16.8 Å². The molecule has 1 atom stereocenters. The van der Waals surface area contributed by atoms with Gasteiger partial charge in [-0.3, -0.25) is 13.9 Å². The third kappa shape index (κ3) is 3.10. The number of hydrogen-bond acceptors (Lipinski definition) is 6. The smallest absolute Gasteiger partial charge is 0.344 e. The van der Waals surface area contributed by atoms with Gasteiger partial charge in [-0.2, -0.15) is 0 Å². The quantitative estimate of drug-likeness (QED) is 0.485. The first-order valence-corrected chi connectivity index (χ1v) is 9.28. The molecule has 0 saturated heterocycles. The molecule has 4 rings (SSSR count). The summed E-state index contributed by atoms with van der Waals surface area (Å²) in [6.45, 7) is 0. The first-order valence-electron chi connectivity index (χ1n) is 9.28. The predicted octanol–water partition coefficient (Wildman–Crippen LogP) is 1.80. The van der Waals surface area contributed by atoms with E-state index in [1.807, 2.05) is 0 Å². The third-order valence-corrected chi connectivity index (χ3v) is 5.35. The van der Waals surface area contributed by atoms with Crippen molar-refractivity contribution in [2.24, 2.45) is 14.1 Å². The highest BCUT2D eigenvalue weighted by Gasteiger charge is 2.31. The second kappa shape index (κ2) is 7.28. The van der Waals surface area contributed by atoms with E-state index in [9.17, 15) is 23.9 Å². The van der Waals surface area contributed by atoms with Crippen LogP contribution in [-0.4, -0.2) is 14.2 Å². The van der Waals surface area contributed by atoms with Gasteiger partial charge in [0.25, 0.3) is 5.56 Å². The zero-order valence-corrected chi connectivity index (χ0v) is 16.6. The standard InChI is InChI=1S/C22H18FN3O5/c1-25-19(24)17(20(28)26(2)22(25)30)15(11-7-9-12(23)10-8-11)16-18(27)13-5-3-4-6-14(13)31-21(16)29/h3-10,15,27H,24H2,1-2H3. The lowest BCUT2D eigenvalue weighted by Gasteiger charge is -2.21. The summed E-state index contributed by atoms with van der Waals surface area (Å²) >= 11 is 0. The minimum absolute atomic E-state index is 0.117. The summed E-state index contributed by atoms with van der Waals surface area (Å²) in [7, 11) is 2.66. The van der Waals surface area contributed by atoms with Crippen LogP contribution in [0.2, 0.25) is 0 Å². The topological polar surface area (TPSA) is 120 Å². The van der Waals surface area contributed by atoms with Gasteiger partial charge >= 0.3 is 11.3 Å². The zero-order chi connectivity index (χ0) is 22.4. The second-order valence-electron chi connectivity index (χ2n) is 7.14. The highest BCUT2D eigenvalue weighted by molar-refractivity contribution is 5.84. The SMILES string of the molecule is Cn1c(N)c(C(c2ccc(F)cc2)c2c(O)c3ccccc3oc2=O)c(=O)n(C)c1=O.